The molecule has 66 valence electrons. The second kappa shape index (κ2) is 3.31. The van der Waals surface area contributed by atoms with E-state index in [1.165, 1.54) is 0 Å². The maximum Gasteiger partial charge on any atom is 0.176 e. The summed E-state index contributed by atoms with van der Waals surface area (Å²) in [5, 5.41) is 3.21. The van der Waals surface area contributed by atoms with Gasteiger partial charge in [0.1, 0.15) is 0 Å². The second-order valence-electron chi connectivity index (χ2n) is 2.77. The number of para-hydroxylation sites is 1. The molecule has 13 heavy (non-hydrogen) atoms. The fourth-order valence-electron chi connectivity index (χ4n) is 1.25. The Kier molecular flexibility index (Phi) is 2.15. The maximum atomic E-state index is 5.57. The van der Waals surface area contributed by atoms with Crippen LogP contribution in [-0.4, -0.2) is 12.6 Å². The zero-order chi connectivity index (χ0) is 9.26. The maximum absolute atomic E-state index is 5.57. The molecule has 0 fully saturated rings. The number of halogens is 1. The second-order valence-corrected chi connectivity index (χ2v) is 3.62. The number of ether oxygens (including phenoxy) is 1. The van der Waals surface area contributed by atoms with Gasteiger partial charge in [0.2, 0.25) is 0 Å². The number of rotatable bonds is 0. The summed E-state index contributed by atoms with van der Waals surface area (Å²) < 4.78 is 6.49. The van der Waals surface area contributed by atoms with Gasteiger partial charge in [0.15, 0.2) is 11.9 Å². The highest BCUT2D eigenvalue weighted by Crippen LogP contribution is 2.35. The van der Waals surface area contributed by atoms with Gasteiger partial charge in [-0.25, -0.2) is 0 Å². The summed E-state index contributed by atoms with van der Waals surface area (Å²) in [5.41, 5.74) is 0.987. The molecule has 0 saturated carbocycles. The Morgan fingerprint density at radius 3 is 3.23 bits per heavy atom. The van der Waals surface area contributed by atoms with E-state index < -0.39 is 0 Å². The number of nitrogens with one attached hydrogen (secondary N) is 1. The Morgan fingerprint density at radius 2 is 2.46 bits per heavy atom. The molecule has 0 radical (unpaired) electrons. The lowest BCUT2D eigenvalue weighted by Gasteiger charge is -2.24. The topological polar surface area (TPSA) is 21.3 Å². The number of terminal acetylenes is 1. The lowest BCUT2D eigenvalue weighted by molar-refractivity contribution is 0.260. The van der Waals surface area contributed by atoms with E-state index in [1.54, 1.807) is 0 Å². The Labute approximate surface area is 85.4 Å². The molecule has 0 amide bonds. The smallest absolute Gasteiger partial charge is 0.176 e. The van der Waals surface area contributed by atoms with Crippen LogP contribution in [0.4, 0.5) is 5.69 Å². The molecule has 3 heteroatoms. The van der Waals surface area contributed by atoms with Crippen molar-refractivity contribution in [2.45, 2.75) is 6.10 Å². The molecular weight excluding hydrogens is 230 g/mol. The van der Waals surface area contributed by atoms with Crippen molar-refractivity contribution in [3.8, 4) is 18.1 Å². The third-order valence-electron chi connectivity index (χ3n) is 1.89. The summed E-state index contributed by atoms with van der Waals surface area (Å²) >= 11 is 3.41. The van der Waals surface area contributed by atoms with Crippen molar-refractivity contribution in [1.29, 1.82) is 0 Å². The molecule has 1 aromatic rings. The van der Waals surface area contributed by atoms with Crippen molar-refractivity contribution >= 4 is 21.6 Å². The van der Waals surface area contributed by atoms with E-state index in [4.69, 9.17) is 11.2 Å². The van der Waals surface area contributed by atoms with E-state index in [9.17, 15) is 0 Å². The van der Waals surface area contributed by atoms with Crippen LogP contribution >= 0.6 is 15.9 Å². The van der Waals surface area contributed by atoms with Gasteiger partial charge in [-0.1, -0.05) is 12.0 Å². The van der Waals surface area contributed by atoms with Crippen LogP contribution in [0.1, 0.15) is 0 Å². The minimum Gasteiger partial charge on any atom is -0.473 e. The third-order valence-corrected chi connectivity index (χ3v) is 2.52. The Balaban J connectivity index is 2.39. The number of benzene rings is 1. The first-order chi connectivity index (χ1) is 6.31. The Morgan fingerprint density at radius 1 is 1.62 bits per heavy atom. The van der Waals surface area contributed by atoms with E-state index in [0.717, 1.165) is 15.9 Å². The molecule has 1 unspecified atom stereocenters. The van der Waals surface area contributed by atoms with E-state index in [0.29, 0.717) is 6.54 Å². The molecule has 1 atom stereocenters. The zero-order valence-corrected chi connectivity index (χ0v) is 8.47. The molecule has 1 aliphatic rings. The van der Waals surface area contributed by atoms with Crippen molar-refractivity contribution in [1.82, 2.24) is 0 Å². The minimum atomic E-state index is -0.175. The number of hydrogen-bond acceptors (Lipinski definition) is 2. The quantitative estimate of drug-likeness (QED) is 0.700. The average molecular weight is 238 g/mol. The molecule has 0 spiro atoms. The van der Waals surface area contributed by atoms with Gasteiger partial charge in [-0.15, -0.1) is 6.42 Å². The first-order valence-corrected chi connectivity index (χ1v) is 4.75. The molecule has 2 nitrogen and oxygen atoms in total. The summed E-state index contributed by atoms with van der Waals surface area (Å²) in [5.74, 6) is 3.37. The van der Waals surface area contributed by atoms with E-state index >= 15 is 0 Å². The molecule has 0 saturated heterocycles. The van der Waals surface area contributed by atoms with Crippen LogP contribution in [0, 0.1) is 12.3 Å². The lowest BCUT2D eigenvalue weighted by atomic mass is 10.2. The number of fused-ring (bicyclic) bond motifs is 1. The fraction of sp³-hybridized carbons (Fsp3) is 0.200. The molecule has 1 N–H and O–H groups in total. The van der Waals surface area contributed by atoms with Crippen LogP contribution in [0.15, 0.2) is 22.7 Å². The number of hydrogen-bond donors (Lipinski definition) is 1. The van der Waals surface area contributed by atoms with Gasteiger partial charge in [-0.3, -0.25) is 0 Å². The molecule has 1 heterocycles. The monoisotopic (exact) mass is 237 g/mol. The normalized spacial score (nSPS) is 19.2. The van der Waals surface area contributed by atoms with Crippen LogP contribution in [0.3, 0.4) is 0 Å². The van der Waals surface area contributed by atoms with E-state index in [-0.39, 0.29) is 6.10 Å². The third kappa shape index (κ3) is 1.50. The molecule has 0 bridgehead atoms. The van der Waals surface area contributed by atoms with Gasteiger partial charge >= 0.3 is 0 Å². The minimum absolute atomic E-state index is 0.175. The SMILES string of the molecule is C#CC1CNc2cccc(Br)c2O1. The van der Waals surface area contributed by atoms with Gasteiger partial charge in [0, 0.05) is 0 Å². The Hall–Kier alpha value is -1.14. The van der Waals surface area contributed by atoms with Gasteiger partial charge in [-0.2, -0.15) is 0 Å². The molecule has 2 rings (SSSR count). The van der Waals surface area contributed by atoms with Crippen molar-refractivity contribution in [3.05, 3.63) is 22.7 Å². The highest BCUT2D eigenvalue weighted by atomic mass is 79.9. The summed E-state index contributed by atoms with van der Waals surface area (Å²) in [7, 11) is 0. The van der Waals surface area contributed by atoms with E-state index in [1.807, 2.05) is 18.2 Å². The number of anilines is 1. The predicted octanol–water partition coefficient (Wildman–Crippen LogP) is 2.26. The summed E-state index contributed by atoms with van der Waals surface area (Å²) in [6.07, 6.45) is 5.11. The van der Waals surface area contributed by atoms with Crippen molar-refractivity contribution in [3.63, 3.8) is 0 Å². The lowest BCUT2D eigenvalue weighted by Crippen LogP contribution is -2.29. The van der Waals surface area contributed by atoms with Crippen molar-refractivity contribution in [2.75, 3.05) is 11.9 Å². The van der Waals surface area contributed by atoms with Crippen LogP contribution in [-0.2, 0) is 0 Å². The van der Waals surface area contributed by atoms with Crippen molar-refractivity contribution in [2.24, 2.45) is 0 Å². The van der Waals surface area contributed by atoms with Crippen molar-refractivity contribution < 1.29 is 4.74 Å². The van der Waals surface area contributed by atoms with Gasteiger partial charge in [0.25, 0.3) is 0 Å². The fourth-order valence-corrected chi connectivity index (χ4v) is 1.71. The predicted molar refractivity (Wildman–Crippen MR) is 55.9 cm³/mol. The highest BCUT2D eigenvalue weighted by molar-refractivity contribution is 9.10. The molecule has 0 aliphatic carbocycles. The summed E-state index contributed by atoms with van der Waals surface area (Å²) in [6.45, 7) is 0.667. The molecular formula is C10H8BrNO. The highest BCUT2D eigenvalue weighted by Gasteiger charge is 2.18. The van der Waals surface area contributed by atoms with Crippen LogP contribution in [0.5, 0.6) is 5.75 Å². The molecule has 1 aliphatic heterocycles. The van der Waals surface area contributed by atoms with Crippen LogP contribution in [0.25, 0.3) is 0 Å². The average Bonchev–Trinajstić information content (AvgIpc) is 2.18. The summed E-state index contributed by atoms with van der Waals surface area (Å²) in [6, 6.07) is 5.85. The first kappa shape index (κ1) is 8.46. The van der Waals surface area contributed by atoms with Gasteiger partial charge in [0.05, 0.1) is 16.7 Å². The zero-order valence-electron chi connectivity index (χ0n) is 6.88. The van der Waals surface area contributed by atoms with Gasteiger partial charge in [-0.05, 0) is 28.1 Å². The van der Waals surface area contributed by atoms with Crippen LogP contribution < -0.4 is 10.1 Å². The van der Waals surface area contributed by atoms with Gasteiger partial charge < -0.3 is 10.1 Å². The van der Waals surface area contributed by atoms with E-state index in [2.05, 4.69) is 27.2 Å². The standard InChI is InChI=1S/C10H8BrNO/c1-2-7-6-12-9-5-3-4-8(11)10(9)13-7/h1,3-5,7,12H,6H2. The summed E-state index contributed by atoms with van der Waals surface area (Å²) in [4.78, 5) is 0. The molecule has 0 aromatic heterocycles. The Bertz CT molecular complexity index is 370. The largest absolute Gasteiger partial charge is 0.473 e. The molecule has 1 aromatic carbocycles. The van der Waals surface area contributed by atoms with Crippen LogP contribution in [0.2, 0.25) is 0 Å². The first-order valence-electron chi connectivity index (χ1n) is 3.96.